The Bertz CT molecular complexity index is 477. The molecule has 0 amide bonds. The number of hydrogen-bond acceptors (Lipinski definition) is 3. The zero-order valence-electron chi connectivity index (χ0n) is 10.2. The van der Waals surface area contributed by atoms with Crippen molar-refractivity contribution in [2.75, 3.05) is 11.9 Å². The molecule has 1 atom stereocenters. The summed E-state index contributed by atoms with van der Waals surface area (Å²) in [6.07, 6.45) is 0. The fourth-order valence-electron chi connectivity index (χ4n) is 1.90. The Morgan fingerprint density at radius 3 is 2.71 bits per heavy atom. The van der Waals surface area contributed by atoms with E-state index in [0.717, 1.165) is 0 Å². The summed E-state index contributed by atoms with van der Waals surface area (Å²) in [7, 11) is 0. The summed E-state index contributed by atoms with van der Waals surface area (Å²) in [5, 5.41) is 5.60. The molecule has 17 heavy (non-hydrogen) atoms. The third kappa shape index (κ3) is 2.87. The van der Waals surface area contributed by atoms with Gasteiger partial charge in [-0.05, 0) is 36.9 Å². The minimum atomic E-state index is 0.205. The van der Waals surface area contributed by atoms with Gasteiger partial charge >= 0.3 is 0 Å². The molecule has 1 aromatic heterocycles. The first-order valence-corrected chi connectivity index (χ1v) is 6.66. The fraction of sp³-hybridized carbons (Fsp3) is 0.286. The molecule has 0 fully saturated rings. The predicted octanol–water partition coefficient (Wildman–Crippen LogP) is 3.48. The number of rotatable bonds is 4. The lowest BCUT2D eigenvalue weighted by Gasteiger charge is -2.18. The molecular formula is C14H18N2S. The molecule has 3 heteroatoms. The minimum Gasteiger partial charge on any atom is -0.376 e. The summed E-state index contributed by atoms with van der Waals surface area (Å²) in [4.78, 5) is 1.28. The monoisotopic (exact) mass is 246 g/mol. The van der Waals surface area contributed by atoms with Crippen LogP contribution in [0.1, 0.15) is 22.0 Å². The van der Waals surface area contributed by atoms with E-state index in [0.29, 0.717) is 6.54 Å². The highest BCUT2D eigenvalue weighted by molar-refractivity contribution is 7.10. The van der Waals surface area contributed by atoms with Crippen molar-refractivity contribution in [3.63, 3.8) is 0 Å². The van der Waals surface area contributed by atoms with Crippen molar-refractivity contribution < 1.29 is 0 Å². The van der Waals surface area contributed by atoms with Gasteiger partial charge in [-0.25, -0.2) is 0 Å². The standard InChI is InChI=1S/C14H18N2S/c1-10-5-6-12(11(2)8-10)16-13(9-15)14-4-3-7-17-14/h3-8,13,16H,9,15H2,1-2H3. The molecular weight excluding hydrogens is 228 g/mol. The Morgan fingerprint density at radius 2 is 2.12 bits per heavy atom. The number of thiophene rings is 1. The highest BCUT2D eigenvalue weighted by Gasteiger charge is 2.11. The highest BCUT2D eigenvalue weighted by Crippen LogP contribution is 2.25. The van der Waals surface area contributed by atoms with Gasteiger partial charge in [-0.3, -0.25) is 0 Å². The molecule has 0 spiro atoms. The van der Waals surface area contributed by atoms with Crippen LogP contribution in [0.3, 0.4) is 0 Å². The van der Waals surface area contributed by atoms with Gasteiger partial charge in [-0.15, -0.1) is 11.3 Å². The third-order valence-corrected chi connectivity index (χ3v) is 3.82. The lowest BCUT2D eigenvalue weighted by molar-refractivity contribution is 0.804. The van der Waals surface area contributed by atoms with Crippen LogP contribution in [0.4, 0.5) is 5.69 Å². The van der Waals surface area contributed by atoms with Crippen LogP contribution >= 0.6 is 11.3 Å². The Hall–Kier alpha value is -1.32. The van der Waals surface area contributed by atoms with Crippen molar-refractivity contribution >= 4 is 17.0 Å². The number of hydrogen-bond donors (Lipinski definition) is 2. The number of benzene rings is 1. The van der Waals surface area contributed by atoms with Crippen LogP contribution in [0, 0.1) is 13.8 Å². The molecule has 0 bridgehead atoms. The molecule has 2 aromatic rings. The summed E-state index contributed by atoms with van der Waals surface area (Å²) in [6.45, 7) is 4.83. The maximum Gasteiger partial charge on any atom is 0.0728 e. The largest absolute Gasteiger partial charge is 0.376 e. The zero-order valence-corrected chi connectivity index (χ0v) is 11.1. The van der Waals surface area contributed by atoms with Crippen molar-refractivity contribution in [3.05, 3.63) is 51.7 Å². The van der Waals surface area contributed by atoms with E-state index in [-0.39, 0.29) is 6.04 Å². The maximum absolute atomic E-state index is 5.84. The van der Waals surface area contributed by atoms with E-state index in [1.807, 2.05) is 0 Å². The van der Waals surface area contributed by atoms with Crippen molar-refractivity contribution in [2.45, 2.75) is 19.9 Å². The van der Waals surface area contributed by atoms with Gasteiger partial charge < -0.3 is 11.1 Å². The normalized spacial score (nSPS) is 12.4. The molecule has 3 N–H and O–H groups in total. The molecule has 0 radical (unpaired) electrons. The molecule has 1 unspecified atom stereocenters. The number of nitrogens with two attached hydrogens (primary N) is 1. The number of anilines is 1. The van der Waals surface area contributed by atoms with Gasteiger partial charge in [0.1, 0.15) is 0 Å². The molecule has 90 valence electrons. The molecule has 1 aromatic carbocycles. The SMILES string of the molecule is Cc1ccc(NC(CN)c2cccs2)c(C)c1. The Balaban J connectivity index is 2.19. The average molecular weight is 246 g/mol. The van der Waals surface area contributed by atoms with Gasteiger partial charge in [-0.1, -0.05) is 23.8 Å². The van der Waals surface area contributed by atoms with Gasteiger partial charge in [0.2, 0.25) is 0 Å². The van der Waals surface area contributed by atoms with Crippen LogP contribution in [-0.4, -0.2) is 6.54 Å². The fourth-order valence-corrected chi connectivity index (χ4v) is 2.69. The van der Waals surface area contributed by atoms with E-state index < -0.39 is 0 Å². The predicted molar refractivity (Wildman–Crippen MR) is 75.7 cm³/mol. The smallest absolute Gasteiger partial charge is 0.0728 e. The van der Waals surface area contributed by atoms with E-state index in [1.54, 1.807) is 11.3 Å². The third-order valence-electron chi connectivity index (χ3n) is 2.83. The van der Waals surface area contributed by atoms with E-state index in [2.05, 4.69) is 54.9 Å². The second-order valence-corrected chi connectivity index (χ2v) is 5.25. The summed E-state index contributed by atoms with van der Waals surface area (Å²) >= 11 is 1.74. The van der Waals surface area contributed by atoms with Gasteiger partial charge in [0, 0.05) is 17.1 Å². The molecule has 2 rings (SSSR count). The van der Waals surface area contributed by atoms with Gasteiger partial charge in [0.15, 0.2) is 0 Å². The lowest BCUT2D eigenvalue weighted by Crippen LogP contribution is -2.20. The van der Waals surface area contributed by atoms with Crippen LogP contribution in [-0.2, 0) is 0 Å². The maximum atomic E-state index is 5.84. The zero-order chi connectivity index (χ0) is 12.3. The minimum absolute atomic E-state index is 0.205. The van der Waals surface area contributed by atoms with Crippen LogP contribution < -0.4 is 11.1 Å². The van der Waals surface area contributed by atoms with Crippen LogP contribution in [0.25, 0.3) is 0 Å². The molecule has 0 aliphatic carbocycles. The van der Waals surface area contributed by atoms with E-state index in [1.165, 1.54) is 21.7 Å². The van der Waals surface area contributed by atoms with E-state index in [4.69, 9.17) is 5.73 Å². The van der Waals surface area contributed by atoms with Gasteiger partial charge in [0.25, 0.3) is 0 Å². The summed E-state index contributed by atoms with van der Waals surface area (Å²) in [5.41, 5.74) is 9.55. The highest BCUT2D eigenvalue weighted by atomic mass is 32.1. The average Bonchev–Trinajstić information content (AvgIpc) is 2.81. The van der Waals surface area contributed by atoms with Gasteiger partial charge in [0.05, 0.1) is 6.04 Å². The van der Waals surface area contributed by atoms with Gasteiger partial charge in [-0.2, -0.15) is 0 Å². The topological polar surface area (TPSA) is 38.0 Å². The molecule has 0 saturated heterocycles. The Labute approximate surface area is 106 Å². The van der Waals surface area contributed by atoms with E-state index in [9.17, 15) is 0 Å². The lowest BCUT2D eigenvalue weighted by atomic mass is 10.1. The first-order valence-electron chi connectivity index (χ1n) is 5.78. The summed E-state index contributed by atoms with van der Waals surface area (Å²) < 4.78 is 0. The van der Waals surface area contributed by atoms with E-state index >= 15 is 0 Å². The molecule has 0 aliphatic rings. The van der Waals surface area contributed by atoms with Crippen LogP contribution in [0.2, 0.25) is 0 Å². The Kier molecular flexibility index (Phi) is 3.82. The molecule has 0 saturated carbocycles. The second-order valence-electron chi connectivity index (χ2n) is 4.27. The number of nitrogens with one attached hydrogen (secondary N) is 1. The first kappa shape index (κ1) is 12.1. The van der Waals surface area contributed by atoms with Crippen molar-refractivity contribution in [1.29, 1.82) is 0 Å². The van der Waals surface area contributed by atoms with Crippen molar-refractivity contribution in [1.82, 2.24) is 0 Å². The van der Waals surface area contributed by atoms with Crippen molar-refractivity contribution in [3.8, 4) is 0 Å². The molecule has 0 aliphatic heterocycles. The molecule has 2 nitrogen and oxygen atoms in total. The quantitative estimate of drug-likeness (QED) is 0.866. The van der Waals surface area contributed by atoms with Crippen LogP contribution in [0.5, 0.6) is 0 Å². The molecule has 1 heterocycles. The summed E-state index contributed by atoms with van der Waals surface area (Å²) in [6, 6.07) is 10.8. The summed E-state index contributed by atoms with van der Waals surface area (Å²) in [5.74, 6) is 0. The Morgan fingerprint density at radius 1 is 1.29 bits per heavy atom. The first-order chi connectivity index (χ1) is 8.20. The second kappa shape index (κ2) is 5.34. The van der Waals surface area contributed by atoms with Crippen LogP contribution in [0.15, 0.2) is 35.7 Å². The number of aryl methyl sites for hydroxylation is 2. The van der Waals surface area contributed by atoms with Crippen molar-refractivity contribution in [2.24, 2.45) is 5.73 Å².